The fraction of sp³-hybridized carbons (Fsp3) is 0.565. The van der Waals surface area contributed by atoms with Crippen molar-refractivity contribution in [1.29, 1.82) is 0 Å². The molecule has 8 nitrogen and oxygen atoms in total. The van der Waals surface area contributed by atoms with E-state index >= 15 is 8.78 Å². The summed E-state index contributed by atoms with van der Waals surface area (Å²) in [6.07, 6.45) is -2.43. The molecule has 2 fully saturated rings. The number of aromatic nitrogens is 3. The molecule has 36 heavy (non-hydrogen) atoms. The maximum Gasteiger partial charge on any atom is 0.406 e. The number of carbonyl (C=O) groups excluding carboxylic acids is 1. The molecule has 4 rings (SSSR count). The van der Waals surface area contributed by atoms with E-state index in [1.54, 1.807) is 0 Å². The molecule has 1 unspecified atom stereocenters. The van der Waals surface area contributed by atoms with E-state index in [2.05, 4.69) is 10.2 Å². The fourth-order valence-corrected chi connectivity index (χ4v) is 4.32. The molecular weight excluding hydrogens is 489 g/mol. The van der Waals surface area contributed by atoms with Crippen LogP contribution >= 0.6 is 0 Å². The lowest BCUT2D eigenvalue weighted by molar-refractivity contribution is -0.142. The van der Waals surface area contributed by atoms with Gasteiger partial charge in [0.05, 0.1) is 18.2 Å². The highest BCUT2D eigenvalue weighted by atomic mass is 19.4. The number of pyridine rings is 1. The molecular formula is C23H26F5N5O3. The largest absolute Gasteiger partial charge is 0.476 e. The predicted molar refractivity (Wildman–Crippen MR) is 117 cm³/mol. The maximum atomic E-state index is 15.0. The zero-order valence-corrected chi connectivity index (χ0v) is 19.5. The maximum absolute atomic E-state index is 15.0. The van der Waals surface area contributed by atoms with Gasteiger partial charge in [0, 0.05) is 37.8 Å². The van der Waals surface area contributed by atoms with Crippen molar-refractivity contribution >= 4 is 5.91 Å². The Labute approximate surface area is 203 Å². The number of hydrogen-bond acceptors (Lipinski definition) is 6. The minimum atomic E-state index is -4.71. The molecule has 1 saturated carbocycles. The molecule has 2 aromatic heterocycles. The second kappa shape index (κ2) is 9.41. The van der Waals surface area contributed by atoms with Gasteiger partial charge in [-0.3, -0.25) is 14.5 Å². The summed E-state index contributed by atoms with van der Waals surface area (Å²) in [5.74, 6) is -5.01. The van der Waals surface area contributed by atoms with E-state index < -0.39 is 54.5 Å². The Morgan fingerprint density at radius 3 is 2.50 bits per heavy atom. The molecule has 0 aromatic carbocycles. The van der Waals surface area contributed by atoms with Crippen LogP contribution in [0.15, 0.2) is 35.3 Å². The lowest BCUT2D eigenvalue weighted by atomic mass is 9.83. The van der Waals surface area contributed by atoms with Gasteiger partial charge in [-0.2, -0.15) is 13.2 Å². The number of alkyl halides is 5. The van der Waals surface area contributed by atoms with Crippen molar-refractivity contribution in [3.63, 3.8) is 0 Å². The van der Waals surface area contributed by atoms with Crippen LogP contribution in [-0.4, -0.2) is 57.4 Å². The highest BCUT2D eigenvalue weighted by molar-refractivity contribution is 5.85. The first-order valence-electron chi connectivity index (χ1n) is 11.5. The van der Waals surface area contributed by atoms with Crippen molar-refractivity contribution < 1.29 is 31.5 Å². The third-order valence-corrected chi connectivity index (χ3v) is 6.80. The Hall–Kier alpha value is -3.09. The van der Waals surface area contributed by atoms with Gasteiger partial charge in [-0.1, -0.05) is 6.07 Å². The smallest absolute Gasteiger partial charge is 0.406 e. The molecule has 0 bridgehead atoms. The number of likely N-dealkylation sites (tertiary alicyclic amines) is 1. The number of rotatable bonds is 8. The monoisotopic (exact) mass is 515 g/mol. The molecule has 0 radical (unpaired) electrons. The van der Waals surface area contributed by atoms with E-state index in [1.807, 2.05) is 0 Å². The summed E-state index contributed by atoms with van der Waals surface area (Å²) in [4.78, 5) is 25.9. The number of nitrogens with zero attached hydrogens (tertiary/aromatic N) is 4. The van der Waals surface area contributed by atoms with Gasteiger partial charge < -0.3 is 15.0 Å². The molecule has 0 spiro atoms. The van der Waals surface area contributed by atoms with Gasteiger partial charge in [-0.05, 0) is 37.3 Å². The number of halogens is 5. The molecule has 2 atom stereocenters. The second-order valence-electron chi connectivity index (χ2n) is 9.50. The predicted octanol–water partition coefficient (Wildman–Crippen LogP) is 2.81. The van der Waals surface area contributed by atoms with Crippen LogP contribution in [0.2, 0.25) is 0 Å². The van der Waals surface area contributed by atoms with E-state index in [0.29, 0.717) is 17.1 Å². The first-order chi connectivity index (χ1) is 16.8. The number of amides is 1. The van der Waals surface area contributed by atoms with Gasteiger partial charge in [0.25, 0.3) is 11.5 Å². The summed E-state index contributed by atoms with van der Waals surface area (Å²) >= 11 is 0. The molecule has 2 aromatic rings. The SMILES string of the molecule is CC(C(N)=O)(c1ccc(OCC2CC2)nn1)N1CCC(F)(F)[C@@H](c2ccc(=O)n(CC(F)(F)F)c2)C1. The molecule has 196 valence electrons. The Morgan fingerprint density at radius 1 is 1.19 bits per heavy atom. The summed E-state index contributed by atoms with van der Waals surface area (Å²) < 4.78 is 74.5. The third kappa shape index (κ3) is 5.50. The molecule has 1 saturated heterocycles. The summed E-state index contributed by atoms with van der Waals surface area (Å²) in [6, 6.07) is 4.93. The number of primary amides is 1. The zero-order valence-electron chi connectivity index (χ0n) is 19.5. The van der Waals surface area contributed by atoms with Crippen LogP contribution in [-0.2, 0) is 16.9 Å². The van der Waals surface area contributed by atoms with Gasteiger partial charge in [0.2, 0.25) is 11.8 Å². The van der Waals surface area contributed by atoms with Crippen LogP contribution < -0.4 is 16.0 Å². The molecule has 2 N–H and O–H groups in total. The summed E-state index contributed by atoms with van der Waals surface area (Å²) in [5.41, 5.74) is 3.08. The van der Waals surface area contributed by atoms with Crippen LogP contribution in [0.4, 0.5) is 22.0 Å². The average molecular weight is 515 g/mol. The van der Waals surface area contributed by atoms with Crippen molar-refractivity contribution in [1.82, 2.24) is 19.7 Å². The van der Waals surface area contributed by atoms with Gasteiger partial charge in [-0.15, -0.1) is 10.2 Å². The van der Waals surface area contributed by atoms with Crippen LogP contribution in [0.5, 0.6) is 5.88 Å². The fourth-order valence-electron chi connectivity index (χ4n) is 4.32. The number of ether oxygens (including phenoxy) is 1. The van der Waals surface area contributed by atoms with Crippen LogP contribution in [0.25, 0.3) is 0 Å². The number of piperidine rings is 1. The van der Waals surface area contributed by atoms with Gasteiger partial charge in [0.15, 0.2) is 0 Å². The lowest BCUT2D eigenvalue weighted by Crippen LogP contribution is -2.59. The minimum Gasteiger partial charge on any atom is -0.476 e. The van der Waals surface area contributed by atoms with E-state index in [-0.39, 0.29) is 23.7 Å². The Kier molecular flexibility index (Phi) is 6.80. The first-order valence-corrected chi connectivity index (χ1v) is 11.5. The summed E-state index contributed by atoms with van der Waals surface area (Å²) in [6.45, 7) is -0.313. The van der Waals surface area contributed by atoms with E-state index in [4.69, 9.17) is 10.5 Å². The van der Waals surface area contributed by atoms with Crippen LogP contribution in [0.3, 0.4) is 0 Å². The first kappa shape index (κ1) is 26.0. The molecule has 1 aliphatic carbocycles. The number of nitrogens with two attached hydrogens (primary N) is 1. The highest BCUT2D eigenvalue weighted by Gasteiger charge is 2.51. The van der Waals surface area contributed by atoms with Crippen molar-refractivity contribution in [3.05, 3.63) is 52.1 Å². The quantitative estimate of drug-likeness (QED) is 0.543. The van der Waals surface area contributed by atoms with Crippen molar-refractivity contribution in [2.75, 3.05) is 19.7 Å². The third-order valence-electron chi connectivity index (χ3n) is 6.80. The lowest BCUT2D eigenvalue weighted by Gasteiger charge is -2.45. The number of hydrogen-bond donors (Lipinski definition) is 1. The van der Waals surface area contributed by atoms with Gasteiger partial charge in [-0.25, -0.2) is 8.78 Å². The van der Waals surface area contributed by atoms with Crippen molar-refractivity contribution in [3.8, 4) is 5.88 Å². The van der Waals surface area contributed by atoms with Crippen LogP contribution in [0.1, 0.15) is 43.4 Å². The highest BCUT2D eigenvalue weighted by Crippen LogP contribution is 2.43. The van der Waals surface area contributed by atoms with E-state index in [1.165, 1.54) is 24.0 Å². The topological polar surface area (TPSA) is 103 Å². The molecule has 1 amide bonds. The van der Waals surface area contributed by atoms with Crippen molar-refractivity contribution in [2.45, 2.75) is 56.3 Å². The van der Waals surface area contributed by atoms with Crippen molar-refractivity contribution in [2.24, 2.45) is 11.7 Å². The van der Waals surface area contributed by atoms with Crippen LogP contribution in [0, 0.1) is 5.92 Å². The summed E-state index contributed by atoms with van der Waals surface area (Å²) in [7, 11) is 0. The Balaban J connectivity index is 1.62. The van der Waals surface area contributed by atoms with E-state index in [0.717, 1.165) is 31.2 Å². The Morgan fingerprint density at radius 2 is 1.92 bits per heavy atom. The summed E-state index contributed by atoms with van der Waals surface area (Å²) in [5, 5.41) is 8.05. The standard InChI is InChI=1S/C23H26F5N5O3/c1-21(20(29)35,17-5-6-18(31-30-17)36-12-14-2-3-14)33-9-8-22(24,25)16(11-33)15-4-7-19(34)32(10-15)13-23(26,27)28/h4-7,10,14,16H,2-3,8-9,11-13H2,1H3,(H2,29,35)/t16-,21?/m1/s1. The Bertz CT molecular complexity index is 1170. The van der Waals surface area contributed by atoms with Gasteiger partial charge in [0.1, 0.15) is 12.1 Å². The molecule has 3 heterocycles. The minimum absolute atomic E-state index is 0.125. The van der Waals surface area contributed by atoms with E-state index in [9.17, 15) is 22.8 Å². The molecule has 13 heteroatoms. The number of carbonyl (C=O) groups is 1. The molecule has 2 aliphatic rings. The second-order valence-corrected chi connectivity index (χ2v) is 9.50. The normalized spacial score (nSPS) is 22.1. The molecule has 1 aliphatic heterocycles. The average Bonchev–Trinajstić information content (AvgIpc) is 3.62. The zero-order chi connectivity index (χ0) is 26.3. The van der Waals surface area contributed by atoms with Gasteiger partial charge >= 0.3 is 6.18 Å².